The van der Waals surface area contributed by atoms with Crippen molar-refractivity contribution in [3.8, 4) is 5.75 Å². The highest BCUT2D eigenvalue weighted by molar-refractivity contribution is 6.07. The third-order valence-electron chi connectivity index (χ3n) is 3.35. The largest absolute Gasteiger partial charge is 0.491 e. The van der Waals surface area contributed by atoms with Gasteiger partial charge in [0.2, 0.25) is 0 Å². The van der Waals surface area contributed by atoms with Crippen LogP contribution in [0.5, 0.6) is 5.75 Å². The van der Waals surface area contributed by atoms with Crippen LogP contribution in [-0.4, -0.2) is 19.1 Å². The highest BCUT2D eigenvalue weighted by Gasteiger charge is 2.23. The van der Waals surface area contributed by atoms with Crippen molar-refractivity contribution < 1.29 is 13.9 Å². The Morgan fingerprint density at radius 1 is 1.24 bits per heavy atom. The number of ether oxygens (including phenoxy) is 1. The normalized spacial score (nSPS) is 14.0. The Bertz CT molecular complexity index is 667. The van der Waals surface area contributed by atoms with E-state index in [1.54, 1.807) is 4.90 Å². The smallest absolute Gasteiger partial charge is 0.258 e. The predicted octanol–water partition coefficient (Wildman–Crippen LogP) is 2.84. The first-order chi connectivity index (χ1) is 10.1. The van der Waals surface area contributed by atoms with E-state index < -0.39 is 5.82 Å². The molecule has 0 aliphatic carbocycles. The molecule has 0 atom stereocenters. The number of nitrogen functional groups attached to an aromatic ring is 1. The van der Waals surface area contributed by atoms with Crippen molar-refractivity contribution in [3.05, 3.63) is 53.8 Å². The van der Waals surface area contributed by atoms with Crippen molar-refractivity contribution in [2.45, 2.75) is 6.42 Å². The zero-order valence-corrected chi connectivity index (χ0v) is 11.4. The molecular formula is C16H15FN2O2. The fourth-order valence-electron chi connectivity index (χ4n) is 2.43. The minimum Gasteiger partial charge on any atom is -0.491 e. The Hall–Kier alpha value is -2.56. The SMILES string of the molecule is Nc1cc(F)cc(C(=O)N2CCCOc3ccccc32)c1. The maximum absolute atomic E-state index is 13.5. The van der Waals surface area contributed by atoms with Crippen molar-refractivity contribution in [1.29, 1.82) is 0 Å². The molecule has 3 rings (SSSR count). The number of nitrogens with two attached hydrogens (primary N) is 1. The molecule has 0 aromatic heterocycles. The summed E-state index contributed by atoms with van der Waals surface area (Å²) in [4.78, 5) is 14.3. The van der Waals surface area contributed by atoms with Gasteiger partial charge in [0.05, 0.1) is 12.3 Å². The molecule has 0 bridgehead atoms. The van der Waals surface area contributed by atoms with Crippen LogP contribution < -0.4 is 15.4 Å². The number of anilines is 2. The van der Waals surface area contributed by atoms with Crippen molar-refractivity contribution in [1.82, 2.24) is 0 Å². The standard InChI is InChI=1S/C16H15FN2O2/c17-12-8-11(9-13(18)10-12)16(20)19-6-3-7-21-15-5-2-1-4-14(15)19/h1-2,4-5,8-10H,3,6-7,18H2. The first-order valence-electron chi connectivity index (χ1n) is 6.75. The molecule has 1 aliphatic heterocycles. The van der Waals surface area contributed by atoms with E-state index in [2.05, 4.69) is 0 Å². The number of nitrogens with zero attached hydrogens (tertiary/aromatic N) is 1. The van der Waals surface area contributed by atoms with E-state index in [1.807, 2.05) is 24.3 Å². The van der Waals surface area contributed by atoms with Gasteiger partial charge in [-0.2, -0.15) is 0 Å². The van der Waals surface area contributed by atoms with Gasteiger partial charge in [0.25, 0.3) is 5.91 Å². The second kappa shape index (κ2) is 5.44. The van der Waals surface area contributed by atoms with Gasteiger partial charge in [-0.1, -0.05) is 12.1 Å². The lowest BCUT2D eigenvalue weighted by molar-refractivity contribution is 0.0987. The molecule has 0 radical (unpaired) electrons. The number of para-hydroxylation sites is 2. The molecule has 0 spiro atoms. The van der Waals surface area contributed by atoms with Crippen LogP contribution in [0.1, 0.15) is 16.8 Å². The number of rotatable bonds is 1. The summed E-state index contributed by atoms with van der Waals surface area (Å²) < 4.78 is 19.1. The second-order valence-electron chi connectivity index (χ2n) is 4.90. The zero-order chi connectivity index (χ0) is 14.8. The van der Waals surface area contributed by atoms with Gasteiger partial charge in [-0.15, -0.1) is 0 Å². The lowest BCUT2D eigenvalue weighted by Gasteiger charge is -2.22. The van der Waals surface area contributed by atoms with Crippen molar-refractivity contribution in [2.24, 2.45) is 0 Å². The van der Waals surface area contributed by atoms with Crippen molar-refractivity contribution in [3.63, 3.8) is 0 Å². The van der Waals surface area contributed by atoms with Crippen LogP contribution in [0.2, 0.25) is 0 Å². The molecular weight excluding hydrogens is 271 g/mol. The molecule has 21 heavy (non-hydrogen) atoms. The van der Waals surface area contributed by atoms with Gasteiger partial charge < -0.3 is 15.4 Å². The maximum Gasteiger partial charge on any atom is 0.258 e. The first kappa shape index (κ1) is 13.4. The first-order valence-corrected chi connectivity index (χ1v) is 6.75. The van der Waals surface area contributed by atoms with Gasteiger partial charge in [-0.25, -0.2) is 4.39 Å². The van der Waals surface area contributed by atoms with E-state index in [-0.39, 0.29) is 17.2 Å². The van der Waals surface area contributed by atoms with E-state index >= 15 is 0 Å². The van der Waals surface area contributed by atoms with E-state index in [0.29, 0.717) is 31.0 Å². The molecule has 2 aromatic carbocycles. The van der Waals surface area contributed by atoms with Crippen LogP contribution in [-0.2, 0) is 0 Å². The van der Waals surface area contributed by atoms with Crippen LogP contribution in [0.25, 0.3) is 0 Å². The number of carbonyl (C=O) groups is 1. The molecule has 4 nitrogen and oxygen atoms in total. The van der Waals surface area contributed by atoms with Gasteiger partial charge in [0.1, 0.15) is 11.6 Å². The molecule has 0 fully saturated rings. The monoisotopic (exact) mass is 286 g/mol. The Balaban J connectivity index is 2.01. The van der Waals surface area contributed by atoms with Gasteiger partial charge >= 0.3 is 0 Å². The minimum absolute atomic E-state index is 0.234. The van der Waals surface area contributed by atoms with Gasteiger partial charge in [-0.05, 0) is 36.8 Å². The van der Waals surface area contributed by atoms with Gasteiger partial charge in [-0.3, -0.25) is 4.79 Å². The van der Waals surface area contributed by atoms with E-state index in [4.69, 9.17) is 10.5 Å². The van der Waals surface area contributed by atoms with Gasteiger partial charge in [0, 0.05) is 17.8 Å². The molecule has 1 aliphatic rings. The Kier molecular flexibility index (Phi) is 3.48. The molecule has 1 heterocycles. The average Bonchev–Trinajstić information content (AvgIpc) is 2.68. The van der Waals surface area contributed by atoms with Crippen LogP contribution in [0.3, 0.4) is 0 Å². The maximum atomic E-state index is 13.5. The number of hydrogen-bond acceptors (Lipinski definition) is 3. The summed E-state index contributed by atoms with van der Waals surface area (Å²) in [6.07, 6.45) is 0.714. The number of halogens is 1. The molecule has 2 N–H and O–H groups in total. The zero-order valence-electron chi connectivity index (χ0n) is 11.4. The fraction of sp³-hybridized carbons (Fsp3) is 0.188. The van der Waals surface area contributed by atoms with Crippen LogP contribution in [0, 0.1) is 5.82 Å². The summed E-state index contributed by atoms with van der Waals surface area (Å²) in [5, 5.41) is 0. The molecule has 0 saturated heterocycles. The lowest BCUT2D eigenvalue weighted by atomic mass is 10.1. The molecule has 108 valence electrons. The Labute approximate surface area is 121 Å². The Morgan fingerprint density at radius 2 is 2.05 bits per heavy atom. The Morgan fingerprint density at radius 3 is 2.86 bits per heavy atom. The predicted molar refractivity (Wildman–Crippen MR) is 79.0 cm³/mol. The third kappa shape index (κ3) is 2.67. The average molecular weight is 286 g/mol. The summed E-state index contributed by atoms with van der Waals surface area (Å²) in [5.74, 6) is -0.135. The van der Waals surface area contributed by atoms with Gasteiger partial charge in [0.15, 0.2) is 0 Å². The molecule has 2 aromatic rings. The topological polar surface area (TPSA) is 55.6 Å². The highest BCUT2D eigenvalue weighted by Crippen LogP contribution is 2.31. The third-order valence-corrected chi connectivity index (χ3v) is 3.35. The van der Waals surface area contributed by atoms with E-state index in [1.165, 1.54) is 18.2 Å². The number of fused-ring (bicyclic) bond motifs is 1. The summed E-state index contributed by atoms with van der Waals surface area (Å²) in [7, 11) is 0. The summed E-state index contributed by atoms with van der Waals surface area (Å²) in [6.45, 7) is 1.07. The lowest BCUT2D eigenvalue weighted by Crippen LogP contribution is -2.31. The summed E-state index contributed by atoms with van der Waals surface area (Å²) in [6, 6.07) is 11.2. The van der Waals surface area contributed by atoms with Crippen molar-refractivity contribution in [2.75, 3.05) is 23.8 Å². The molecule has 0 saturated carbocycles. The van der Waals surface area contributed by atoms with Crippen LogP contribution >= 0.6 is 0 Å². The fourth-order valence-corrected chi connectivity index (χ4v) is 2.43. The summed E-state index contributed by atoms with van der Waals surface area (Å²) in [5.41, 5.74) is 6.79. The van der Waals surface area contributed by atoms with E-state index in [9.17, 15) is 9.18 Å². The number of benzene rings is 2. The van der Waals surface area contributed by atoms with Crippen LogP contribution in [0.4, 0.5) is 15.8 Å². The molecule has 5 heteroatoms. The molecule has 1 amide bonds. The van der Waals surface area contributed by atoms with Crippen LogP contribution in [0.15, 0.2) is 42.5 Å². The van der Waals surface area contributed by atoms with Crippen molar-refractivity contribution >= 4 is 17.3 Å². The second-order valence-corrected chi connectivity index (χ2v) is 4.90. The number of hydrogen-bond donors (Lipinski definition) is 1. The number of carbonyl (C=O) groups excluding carboxylic acids is 1. The highest BCUT2D eigenvalue weighted by atomic mass is 19.1. The quantitative estimate of drug-likeness (QED) is 0.820. The summed E-state index contributed by atoms with van der Waals surface area (Å²) >= 11 is 0. The number of amides is 1. The molecule has 0 unspecified atom stereocenters. The minimum atomic E-state index is -0.516. The van der Waals surface area contributed by atoms with E-state index in [0.717, 1.165) is 0 Å².